The first-order valence-electron chi connectivity index (χ1n) is 11.2. The largest absolute Gasteiger partial charge is 0.356 e. The monoisotopic (exact) mass is 554 g/mol. The van der Waals surface area contributed by atoms with Crippen molar-refractivity contribution in [3.05, 3.63) is 102 Å². The zero-order valence-corrected chi connectivity index (χ0v) is 21.2. The number of fused-ring (bicyclic) bond motifs is 1. The van der Waals surface area contributed by atoms with Crippen LogP contribution in [0.25, 0.3) is 0 Å². The highest BCUT2D eigenvalue weighted by molar-refractivity contribution is 14.0. The van der Waals surface area contributed by atoms with Crippen molar-refractivity contribution < 1.29 is 4.79 Å². The van der Waals surface area contributed by atoms with Crippen LogP contribution in [0.3, 0.4) is 0 Å². The molecule has 1 unspecified atom stereocenters. The van der Waals surface area contributed by atoms with Gasteiger partial charge in [0.2, 0.25) is 5.91 Å². The van der Waals surface area contributed by atoms with Crippen LogP contribution in [0.1, 0.15) is 41.4 Å². The predicted octanol–water partition coefficient (Wildman–Crippen LogP) is 5.12. The topological polar surface area (TPSA) is 65.5 Å². The van der Waals surface area contributed by atoms with E-state index >= 15 is 0 Å². The van der Waals surface area contributed by atoms with Crippen LogP contribution in [0.15, 0.2) is 89.9 Å². The molecule has 3 aromatic carbocycles. The van der Waals surface area contributed by atoms with Gasteiger partial charge in [0.1, 0.15) is 0 Å². The number of rotatable bonds is 7. The molecule has 0 fully saturated rings. The van der Waals surface area contributed by atoms with Crippen molar-refractivity contribution in [3.63, 3.8) is 0 Å². The minimum Gasteiger partial charge on any atom is -0.356 e. The summed E-state index contributed by atoms with van der Waals surface area (Å²) in [6.07, 6.45) is 1.43. The predicted molar refractivity (Wildman–Crippen MR) is 147 cm³/mol. The first-order chi connectivity index (χ1) is 15.7. The van der Waals surface area contributed by atoms with Crippen LogP contribution in [0.2, 0.25) is 0 Å². The Bertz CT molecular complexity index is 1020. The zero-order valence-electron chi connectivity index (χ0n) is 18.8. The number of aliphatic imine (C=N–C) groups is 1. The normalized spacial score (nSPS) is 15.3. The van der Waals surface area contributed by atoms with Gasteiger partial charge in [0.25, 0.3) is 0 Å². The summed E-state index contributed by atoms with van der Waals surface area (Å²) in [7, 11) is 1.78. The minimum atomic E-state index is 0. The number of hydrogen-bond acceptors (Lipinski definition) is 2. The number of anilines is 1. The number of halogens is 1. The molecule has 0 saturated carbocycles. The van der Waals surface area contributed by atoms with E-state index < -0.39 is 0 Å². The molecule has 0 aromatic heterocycles. The van der Waals surface area contributed by atoms with Crippen molar-refractivity contribution in [1.29, 1.82) is 0 Å². The molecule has 3 aromatic rings. The Labute approximate surface area is 213 Å². The van der Waals surface area contributed by atoms with E-state index in [-0.39, 0.29) is 35.8 Å². The maximum Gasteiger partial charge on any atom is 0.225 e. The van der Waals surface area contributed by atoms with E-state index in [0.29, 0.717) is 18.9 Å². The fourth-order valence-corrected chi connectivity index (χ4v) is 4.36. The molecule has 1 aliphatic heterocycles. The molecule has 0 saturated heterocycles. The molecule has 0 radical (unpaired) electrons. The quantitative estimate of drug-likeness (QED) is 0.216. The van der Waals surface area contributed by atoms with Gasteiger partial charge in [-0.2, -0.15) is 0 Å². The molecule has 0 aliphatic carbocycles. The Hall–Kier alpha value is -2.87. The van der Waals surface area contributed by atoms with Crippen LogP contribution < -0.4 is 16.0 Å². The highest BCUT2D eigenvalue weighted by Gasteiger charge is 2.24. The van der Waals surface area contributed by atoms with Crippen molar-refractivity contribution in [2.45, 2.75) is 24.7 Å². The number of nitrogens with one attached hydrogen (secondary N) is 3. The van der Waals surface area contributed by atoms with Crippen LogP contribution in [0.4, 0.5) is 5.69 Å². The Morgan fingerprint density at radius 3 is 2.18 bits per heavy atom. The smallest absolute Gasteiger partial charge is 0.225 e. The number of nitrogens with zero attached hydrogens (tertiary/aromatic N) is 1. The molecule has 4 rings (SSSR count). The second-order valence-electron chi connectivity index (χ2n) is 8.08. The van der Waals surface area contributed by atoms with Gasteiger partial charge in [-0.3, -0.25) is 9.79 Å². The Balaban J connectivity index is 0.00000306. The molecular formula is C27H31IN4O. The molecule has 5 nitrogen and oxygen atoms in total. The summed E-state index contributed by atoms with van der Waals surface area (Å²) in [6.45, 7) is 1.45. The summed E-state index contributed by atoms with van der Waals surface area (Å²) in [4.78, 5) is 16.5. The van der Waals surface area contributed by atoms with Crippen LogP contribution in [-0.4, -0.2) is 32.0 Å². The van der Waals surface area contributed by atoms with E-state index in [4.69, 9.17) is 0 Å². The van der Waals surface area contributed by atoms with E-state index in [9.17, 15) is 4.79 Å². The molecule has 1 amide bonds. The average molecular weight is 554 g/mol. The summed E-state index contributed by atoms with van der Waals surface area (Å²) in [6, 6.07) is 29.3. The fraction of sp³-hybridized carbons (Fsp3) is 0.259. The molecule has 1 aliphatic rings. The Morgan fingerprint density at radius 2 is 1.55 bits per heavy atom. The first kappa shape index (κ1) is 24.8. The molecule has 3 N–H and O–H groups in total. The van der Waals surface area contributed by atoms with Gasteiger partial charge in [-0.25, -0.2) is 0 Å². The van der Waals surface area contributed by atoms with E-state index in [1.807, 2.05) is 18.2 Å². The third-order valence-corrected chi connectivity index (χ3v) is 5.98. The van der Waals surface area contributed by atoms with Crippen LogP contribution in [-0.2, 0) is 4.79 Å². The molecule has 0 bridgehead atoms. The number of para-hydroxylation sites is 1. The van der Waals surface area contributed by atoms with E-state index in [0.717, 1.165) is 24.6 Å². The standard InChI is InChI=1S/C27H30N4O.HI/c1-28-27(30-19-22-18-26(32)31-25-15-9-8-14-24(22)25)29-17-16-23(20-10-4-2-5-11-20)21-12-6-3-7-13-21;/h2-15,22-23H,16-19H2,1H3,(H,31,32)(H2,28,29,30);1H. The van der Waals surface area contributed by atoms with Gasteiger partial charge in [-0.15, -0.1) is 24.0 Å². The van der Waals surface area contributed by atoms with Crippen molar-refractivity contribution in [2.24, 2.45) is 4.99 Å². The fourth-order valence-electron chi connectivity index (χ4n) is 4.36. The lowest BCUT2D eigenvalue weighted by Crippen LogP contribution is -2.41. The highest BCUT2D eigenvalue weighted by atomic mass is 127. The minimum absolute atomic E-state index is 0. The van der Waals surface area contributed by atoms with E-state index in [2.05, 4.69) is 87.7 Å². The zero-order chi connectivity index (χ0) is 22.2. The van der Waals surface area contributed by atoms with Crippen LogP contribution in [0, 0.1) is 0 Å². The van der Waals surface area contributed by atoms with Gasteiger partial charge in [0.05, 0.1) is 0 Å². The number of guanidine groups is 1. The summed E-state index contributed by atoms with van der Waals surface area (Å²) in [5.41, 5.74) is 4.71. The van der Waals surface area contributed by atoms with Crippen molar-refractivity contribution in [2.75, 3.05) is 25.5 Å². The Kier molecular flexibility index (Phi) is 9.30. The summed E-state index contributed by atoms with van der Waals surface area (Å²) < 4.78 is 0. The Morgan fingerprint density at radius 1 is 0.939 bits per heavy atom. The molecule has 1 heterocycles. The summed E-state index contributed by atoms with van der Waals surface area (Å²) in [5, 5.41) is 9.82. The van der Waals surface area contributed by atoms with Crippen LogP contribution in [0.5, 0.6) is 0 Å². The van der Waals surface area contributed by atoms with Crippen molar-refractivity contribution in [1.82, 2.24) is 10.6 Å². The van der Waals surface area contributed by atoms with Gasteiger partial charge in [-0.05, 0) is 29.2 Å². The van der Waals surface area contributed by atoms with Gasteiger partial charge in [0, 0.05) is 44.1 Å². The van der Waals surface area contributed by atoms with Crippen molar-refractivity contribution >= 4 is 41.5 Å². The lowest BCUT2D eigenvalue weighted by atomic mass is 9.88. The first-order valence-corrected chi connectivity index (χ1v) is 11.2. The van der Waals surface area contributed by atoms with E-state index in [1.54, 1.807) is 7.05 Å². The molecule has 33 heavy (non-hydrogen) atoms. The second kappa shape index (κ2) is 12.4. The molecule has 6 heteroatoms. The third kappa shape index (κ3) is 6.57. The number of amides is 1. The molecular weight excluding hydrogens is 523 g/mol. The van der Waals surface area contributed by atoms with Gasteiger partial charge in [-0.1, -0.05) is 78.9 Å². The van der Waals surface area contributed by atoms with Crippen molar-refractivity contribution in [3.8, 4) is 0 Å². The number of hydrogen-bond donors (Lipinski definition) is 3. The summed E-state index contributed by atoms with van der Waals surface area (Å²) in [5.74, 6) is 1.26. The van der Waals surface area contributed by atoms with Gasteiger partial charge < -0.3 is 16.0 Å². The lowest BCUT2D eigenvalue weighted by molar-refractivity contribution is -0.116. The van der Waals surface area contributed by atoms with Gasteiger partial charge in [0.15, 0.2) is 5.96 Å². The number of carbonyl (C=O) groups is 1. The molecule has 0 spiro atoms. The molecule has 172 valence electrons. The van der Waals surface area contributed by atoms with Crippen LogP contribution >= 0.6 is 24.0 Å². The molecule has 1 atom stereocenters. The number of carbonyl (C=O) groups excluding carboxylic acids is 1. The van der Waals surface area contributed by atoms with E-state index in [1.165, 1.54) is 16.7 Å². The SMILES string of the molecule is CN=C(NCCC(c1ccccc1)c1ccccc1)NCC1CC(=O)Nc2ccccc21.I. The third-order valence-electron chi connectivity index (χ3n) is 5.98. The second-order valence-corrected chi connectivity index (χ2v) is 8.08. The summed E-state index contributed by atoms with van der Waals surface area (Å²) >= 11 is 0. The van der Waals surface area contributed by atoms with Gasteiger partial charge >= 0.3 is 0 Å². The lowest BCUT2D eigenvalue weighted by Gasteiger charge is -2.26. The maximum atomic E-state index is 12.1. The highest BCUT2D eigenvalue weighted by Crippen LogP contribution is 2.31. The average Bonchev–Trinajstić information content (AvgIpc) is 2.84. The number of benzene rings is 3. The maximum absolute atomic E-state index is 12.1.